The number of nitrogens with one attached hydrogen (secondary N) is 1. The number of carbonyl (C=O) groups is 1. The molecule has 0 saturated heterocycles. The predicted molar refractivity (Wildman–Crippen MR) is 95.2 cm³/mol. The first kappa shape index (κ1) is 19.4. The van der Waals surface area contributed by atoms with E-state index in [9.17, 15) is 28.1 Å². The summed E-state index contributed by atoms with van der Waals surface area (Å²) in [6, 6.07) is 11.1. The minimum absolute atomic E-state index is 0.0337. The van der Waals surface area contributed by atoms with Crippen LogP contribution in [0.25, 0.3) is 11.3 Å². The van der Waals surface area contributed by atoms with Crippen LogP contribution in [0.1, 0.15) is 16.1 Å². The Morgan fingerprint density at radius 3 is 2.54 bits per heavy atom. The molecule has 6 nitrogen and oxygen atoms in total. The van der Waals surface area contributed by atoms with Crippen LogP contribution in [-0.4, -0.2) is 10.8 Å². The van der Waals surface area contributed by atoms with Gasteiger partial charge in [-0.05, 0) is 36.4 Å². The van der Waals surface area contributed by atoms with Gasteiger partial charge in [0, 0.05) is 23.4 Å². The smallest absolute Gasteiger partial charge is 0.417 e. The summed E-state index contributed by atoms with van der Waals surface area (Å²) in [5, 5.41) is 12.7. The number of non-ortho nitro benzene ring substituents is 1. The molecule has 1 amide bonds. The number of furan rings is 1. The average molecular weight is 411 g/mol. The Bertz CT molecular complexity index is 1060. The summed E-state index contributed by atoms with van der Waals surface area (Å²) in [5.41, 5.74) is -0.974. The van der Waals surface area contributed by atoms with Crippen molar-refractivity contribution in [2.45, 2.75) is 6.18 Å². The van der Waals surface area contributed by atoms with E-state index in [1.807, 2.05) is 0 Å². The molecule has 0 spiro atoms. The molecule has 0 radical (unpaired) electrons. The maximum Gasteiger partial charge on any atom is 0.417 e. The van der Waals surface area contributed by atoms with Gasteiger partial charge in [0.15, 0.2) is 5.76 Å². The largest absolute Gasteiger partial charge is 0.451 e. The third-order valence-electron chi connectivity index (χ3n) is 3.70. The molecular formula is C18H10ClF3N2O4. The Hall–Kier alpha value is -3.33. The van der Waals surface area contributed by atoms with Crippen LogP contribution in [0.2, 0.25) is 5.02 Å². The first-order chi connectivity index (χ1) is 13.1. The molecular weight excluding hydrogens is 401 g/mol. The highest BCUT2D eigenvalue weighted by atomic mass is 35.5. The van der Waals surface area contributed by atoms with Gasteiger partial charge in [-0.3, -0.25) is 14.9 Å². The van der Waals surface area contributed by atoms with Crippen molar-refractivity contribution >= 4 is 28.9 Å². The number of rotatable bonds is 4. The van der Waals surface area contributed by atoms with Crippen LogP contribution in [0.5, 0.6) is 0 Å². The Balaban J connectivity index is 1.83. The Morgan fingerprint density at radius 1 is 1.11 bits per heavy atom. The topological polar surface area (TPSA) is 85.4 Å². The normalized spacial score (nSPS) is 11.3. The van der Waals surface area contributed by atoms with E-state index < -0.39 is 27.6 Å². The third-order valence-corrected chi connectivity index (χ3v) is 4.03. The molecule has 0 saturated carbocycles. The lowest BCUT2D eigenvalue weighted by Crippen LogP contribution is -2.10. The van der Waals surface area contributed by atoms with Gasteiger partial charge in [-0.2, -0.15) is 13.2 Å². The molecule has 1 heterocycles. The summed E-state index contributed by atoms with van der Waals surface area (Å²) in [4.78, 5) is 22.4. The molecule has 0 unspecified atom stereocenters. The zero-order valence-corrected chi connectivity index (χ0v) is 14.5. The van der Waals surface area contributed by atoms with Gasteiger partial charge in [-0.1, -0.05) is 17.7 Å². The monoisotopic (exact) mass is 410 g/mol. The second-order valence-electron chi connectivity index (χ2n) is 5.62. The van der Waals surface area contributed by atoms with Crippen LogP contribution >= 0.6 is 11.6 Å². The van der Waals surface area contributed by atoms with E-state index in [2.05, 4.69) is 5.32 Å². The van der Waals surface area contributed by atoms with Crippen molar-refractivity contribution in [1.29, 1.82) is 0 Å². The van der Waals surface area contributed by atoms with Gasteiger partial charge in [0.2, 0.25) is 0 Å². The van der Waals surface area contributed by atoms with Crippen LogP contribution in [0, 0.1) is 10.1 Å². The summed E-state index contributed by atoms with van der Waals surface area (Å²) in [6.07, 6.45) is -4.64. The van der Waals surface area contributed by atoms with Crippen LogP contribution in [0.3, 0.4) is 0 Å². The predicted octanol–water partition coefficient (Wildman–Crippen LogP) is 5.78. The fourth-order valence-corrected chi connectivity index (χ4v) is 2.63. The van der Waals surface area contributed by atoms with Crippen LogP contribution in [-0.2, 0) is 6.18 Å². The molecule has 144 valence electrons. The van der Waals surface area contributed by atoms with E-state index >= 15 is 0 Å². The van der Waals surface area contributed by atoms with Crippen LogP contribution < -0.4 is 5.32 Å². The molecule has 0 aliphatic heterocycles. The van der Waals surface area contributed by atoms with E-state index in [4.69, 9.17) is 16.0 Å². The van der Waals surface area contributed by atoms with Crippen molar-refractivity contribution in [3.8, 4) is 11.3 Å². The van der Waals surface area contributed by atoms with Gasteiger partial charge >= 0.3 is 6.18 Å². The fourth-order valence-electron chi connectivity index (χ4n) is 2.40. The summed E-state index contributed by atoms with van der Waals surface area (Å²) in [7, 11) is 0. The van der Waals surface area contributed by atoms with E-state index in [1.54, 1.807) is 0 Å². The number of anilines is 1. The molecule has 0 atom stereocenters. The highest BCUT2D eigenvalue weighted by molar-refractivity contribution is 6.31. The highest BCUT2D eigenvalue weighted by Crippen LogP contribution is 2.37. The molecule has 1 aromatic heterocycles. The number of nitro benzene ring substituents is 1. The summed E-state index contributed by atoms with van der Waals surface area (Å²) in [6.45, 7) is 0. The number of alkyl halides is 3. The lowest BCUT2D eigenvalue weighted by atomic mass is 10.1. The van der Waals surface area contributed by atoms with Crippen molar-refractivity contribution < 1.29 is 27.3 Å². The summed E-state index contributed by atoms with van der Waals surface area (Å²) < 4.78 is 44.3. The second-order valence-corrected chi connectivity index (χ2v) is 6.03. The minimum Gasteiger partial charge on any atom is -0.451 e. The lowest BCUT2D eigenvalue weighted by molar-refractivity contribution is -0.384. The molecule has 0 aliphatic carbocycles. The van der Waals surface area contributed by atoms with Crippen LogP contribution in [0.4, 0.5) is 24.5 Å². The van der Waals surface area contributed by atoms with Crippen molar-refractivity contribution in [3.63, 3.8) is 0 Å². The van der Waals surface area contributed by atoms with E-state index in [0.29, 0.717) is 0 Å². The minimum atomic E-state index is -4.64. The van der Waals surface area contributed by atoms with Crippen molar-refractivity contribution in [2.75, 3.05) is 5.32 Å². The molecule has 28 heavy (non-hydrogen) atoms. The maximum absolute atomic E-state index is 13.0. The van der Waals surface area contributed by atoms with Gasteiger partial charge in [0.05, 0.1) is 15.5 Å². The first-order valence-electron chi connectivity index (χ1n) is 7.68. The van der Waals surface area contributed by atoms with E-state index in [1.165, 1.54) is 36.4 Å². The highest BCUT2D eigenvalue weighted by Gasteiger charge is 2.33. The van der Waals surface area contributed by atoms with Crippen LogP contribution in [0.15, 0.2) is 59.0 Å². The lowest BCUT2D eigenvalue weighted by Gasteiger charge is -2.10. The molecule has 0 fully saturated rings. The van der Waals surface area contributed by atoms with Gasteiger partial charge in [0.25, 0.3) is 11.6 Å². The number of benzene rings is 2. The number of hydrogen-bond donors (Lipinski definition) is 1. The maximum atomic E-state index is 13.0. The number of hydrogen-bond acceptors (Lipinski definition) is 4. The standard InChI is InChI=1S/C18H10ClF3N2O4/c19-14-5-4-10(8-13(14)18(20,21)22)15-6-7-16(28-15)17(25)23-11-2-1-3-12(9-11)24(26)27/h1-9H,(H,23,25). The molecule has 10 heteroatoms. The number of nitro groups is 1. The number of amides is 1. The average Bonchev–Trinajstić information content (AvgIpc) is 3.11. The second kappa shape index (κ2) is 7.35. The zero-order valence-electron chi connectivity index (χ0n) is 13.8. The first-order valence-corrected chi connectivity index (χ1v) is 8.06. The number of halogens is 4. The van der Waals surface area contributed by atoms with E-state index in [-0.39, 0.29) is 28.5 Å². The van der Waals surface area contributed by atoms with Crippen molar-refractivity contribution in [3.05, 3.63) is 81.1 Å². The van der Waals surface area contributed by atoms with E-state index in [0.717, 1.165) is 18.2 Å². The molecule has 3 rings (SSSR count). The van der Waals surface area contributed by atoms with Gasteiger partial charge in [-0.25, -0.2) is 0 Å². The summed E-state index contributed by atoms with van der Waals surface area (Å²) in [5.74, 6) is -0.854. The molecule has 1 N–H and O–H groups in total. The van der Waals surface area contributed by atoms with Crippen molar-refractivity contribution in [2.24, 2.45) is 0 Å². The zero-order chi connectivity index (χ0) is 20.5. The number of carbonyl (C=O) groups excluding carboxylic acids is 1. The van der Waals surface area contributed by atoms with Gasteiger partial charge in [0.1, 0.15) is 5.76 Å². The quantitative estimate of drug-likeness (QED) is 0.436. The Morgan fingerprint density at radius 2 is 1.86 bits per heavy atom. The molecule has 3 aromatic rings. The Labute approximate surface area is 160 Å². The van der Waals surface area contributed by atoms with Gasteiger partial charge in [-0.15, -0.1) is 0 Å². The fraction of sp³-hybridized carbons (Fsp3) is 0.0556. The SMILES string of the molecule is O=C(Nc1cccc([N+](=O)[O-])c1)c1ccc(-c2ccc(Cl)c(C(F)(F)F)c2)o1. The van der Waals surface area contributed by atoms with Crippen molar-refractivity contribution in [1.82, 2.24) is 0 Å². The Kier molecular flexibility index (Phi) is 5.10. The third kappa shape index (κ3) is 4.15. The van der Waals surface area contributed by atoms with Gasteiger partial charge < -0.3 is 9.73 Å². The summed E-state index contributed by atoms with van der Waals surface area (Å²) >= 11 is 5.59. The number of nitrogens with zero attached hydrogens (tertiary/aromatic N) is 1. The molecule has 2 aromatic carbocycles. The molecule has 0 aliphatic rings. The molecule has 0 bridgehead atoms.